The van der Waals surface area contributed by atoms with E-state index in [9.17, 15) is 14.9 Å². The zero-order valence-corrected chi connectivity index (χ0v) is 11.7. The molecule has 1 aromatic rings. The third-order valence-electron chi connectivity index (χ3n) is 2.94. The summed E-state index contributed by atoms with van der Waals surface area (Å²) >= 11 is 3.12. The molecule has 19 heavy (non-hydrogen) atoms. The first kappa shape index (κ1) is 14.0. The summed E-state index contributed by atoms with van der Waals surface area (Å²) in [6.45, 7) is 1.13. The number of nitro benzene ring substituents is 1. The van der Waals surface area contributed by atoms with Gasteiger partial charge in [0, 0.05) is 18.4 Å². The molecule has 0 aromatic heterocycles. The van der Waals surface area contributed by atoms with Gasteiger partial charge in [-0.1, -0.05) is 0 Å². The van der Waals surface area contributed by atoms with Gasteiger partial charge in [0.25, 0.3) is 5.69 Å². The molecule has 0 aliphatic carbocycles. The maximum Gasteiger partial charge on any atom is 0.283 e. The molecule has 1 saturated heterocycles. The average molecular weight is 329 g/mol. The number of amides is 1. The summed E-state index contributed by atoms with van der Waals surface area (Å²) in [5, 5.41) is 13.4. The number of anilines is 1. The van der Waals surface area contributed by atoms with Gasteiger partial charge in [-0.15, -0.1) is 0 Å². The van der Waals surface area contributed by atoms with E-state index in [1.54, 1.807) is 0 Å². The van der Waals surface area contributed by atoms with Crippen molar-refractivity contribution in [2.45, 2.75) is 12.8 Å². The lowest BCUT2D eigenvalue weighted by atomic mass is 10.0. The van der Waals surface area contributed by atoms with Crippen LogP contribution >= 0.6 is 15.9 Å². The highest BCUT2D eigenvalue weighted by Crippen LogP contribution is 2.28. The highest BCUT2D eigenvalue weighted by molar-refractivity contribution is 9.10. The molecule has 1 N–H and O–H groups in total. The average Bonchev–Trinajstić information content (AvgIpc) is 2.39. The quantitative estimate of drug-likeness (QED) is 0.683. The molecule has 102 valence electrons. The largest absolute Gasteiger partial charge is 0.381 e. The summed E-state index contributed by atoms with van der Waals surface area (Å²) in [6.07, 6.45) is 1.68. The van der Waals surface area contributed by atoms with Crippen LogP contribution in [-0.2, 0) is 9.53 Å². The number of ether oxygens (including phenoxy) is 1. The van der Waals surface area contributed by atoms with E-state index >= 15 is 0 Å². The first-order valence-corrected chi connectivity index (χ1v) is 6.70. The number of nitrogens with zero attached hydrogens (tertiary/aromatic N) is 1. The Bertz CT molecular complexity index is 501. The van der Waals surface area contributed by atoms with Crippen molar-refractivity contribution in [1.29, 1.82) is 0 Å². The van der Waals surface area contributed by atoms with Crippen molar-refractivity contribution >= 4 is 33.2 Å². The minimum absolute atomic E-state index is 0.0287. The predicted molar refractivity (Wildman–Crippen MR) is 73.0 cm³/mol. The van der Waals surface area contributed by atoms with E-state index in [-0.39, 0.29) is 17.5 Å². The monoisotopic (exact) mass is 328 g/mol. The lowest BCUT2D eigenvalue weighted by Crippen LogP contribution is -2.30. The Kier molecular flexibility index (Phi) is 4.49. The molecule has 0 radical (unpaired) electrons. The number of carbonyl (C=O) groups excluding carboxylic acids is 1. The Labute approximate surface area is 118 Å². The Hall–Kier alpha value is -1.47. The van der Waals surface area contributed by atoms with Crippen LogP contribution in [0.5, 0.6) is 0 Å². The first-order chi connectivity index (χ1) is 9.08. The topological polar surface area (TPSA) is 81.5 Å². The number of carbonyl (C=O) groups is 1. The van der Waals surface area contributed by atoms with Crippen molar-refractivity contribution in [3.63, 3.8) is 0 Å². The number of nitrogens with one attached hydrogen (secondary N) is 1. The van der Waals surface area contributed by atoms with Gasteiger partial charge >= 0.3 is 0 Å². The van der Waals surface area contributed by atoms with Gasteiger partial charge in [-0.3, -0.25) is 14.9 Å². The Morgan fingerprint density at radius 1 is 1.53 bits per heavy atom. The molecule has 1 unspecified atom stereocenters. The number of benzene rings is 1. The molecule has 1 amide bonds. The molecule has 0 bridgehead atoms. The van der Waals surface area contributed by atoms with E-state index in [1.807, 2.05) is 0 Å². The van der Waals surface area contributed by atoms with Gasteiger partial charge in [-0.2, -0.15) is 0 Å². The molecule has 2 rings (SSSR count). The van der Waals surface area contributed by atoms with Crippen LogP contribution in [0.25, 0.3) is 0 Å². The third kappa shape index (κ3) is 3.51. The highest BCUT2D eigenvalue weighted by atomic mass is 79.9. The molecule has 1 aliphatic rings. The van der Waals surface area contributed by atoms with Crippen molar-refractivity contribution in [2.75, 3.05) is 18.5 Å². The van der Waals surface area contributed by atoms with Crippen LogP contribution in [0.1, 0.15) is 12.8 Å². The molecule has 1 aliphatic heterocycles. The summed E-state index contributed by atoms with van der Waals surface area (Å²) in [4.78, 5) is 22.2. The van der Waals surface area contributed by atoms with Crippen molar-refractivity contribution < 1.29 is 14.5 Å². The normalized spacial score (nSPS) is 18.9. The lowest BCUT2D eigenvalue weighted by Gasteiger charge is -2.21. The van der Waals surface area contributed by atoms with E-state index in [1.165, 1.54) is 18.2 Å². The molecule has 7 heteroatoms. The van der Waals surface area contributed by atoms with E-state index in [0.717, 1.165) is 12.8 Å². The van der Waals surface area contributed by atoms with Crippen LogP contribution in [0, 0.1) is 16.0 Å². The minimum atomic E-state index is -0.481. The molecular formula is C12H13BrN2O4. The third-order valence-corrected chi connectivity index (χ3v) is 3.58. The molecule has 0 saturated carbocycles. The minimum Gasteiger partial charge on any atom is -0.381 e. The van der Waals surface area contributed by atoms with Crippen LogP contribution < -0.4 is 5.32 Å². The summed E-state index contributed by atoms with van der Waals surface area (Å²) < 4.78 is 5.60. The Balaban J connectivity index is 2.04. The zero-order valence-electron chi connectivity index (χ0n) is 10.1. The standard InChI is InChI=1S/C12H13BrN2O4/c13-10-6-9(3-4-11(10)15(17)18)14-12(16)8-2-1-5-19-7-8/h3-4,6,8H,1-2,5,7H2,(H,14,16). The van der Waals surface area contributed by atoms with Crippen LogP contribution in [-0.4, -0.2) is 24.0 Å². The number of hydrogen-bond donors (Lipinski definition) is 1. The maximum atomic E-state index is 12.0. The fourth-order valence-electron chi connectivity index (χ4n) is 1.92. The molecule has 1 fully saturated rings. The number of hydrogen-bond acceptors (Lipinski definition) is 4. The Morgan fingerprint density at radius 2 is 2.32 bits per heavy atom. The van der Waals surface area contributed by atoms with Gasteiger partial charge in [-0.25, -0.2) is 0 Å². The molecule has 1 aromatic carbocycles. The van der Waals surface area contributed by atoms with E-state index in [2.05, 4.69) is 21.2 Å². The van der Waals surface area contributed by atoms with Crippen molar-refractivity contribution in [2.24, 2.45) is 5.92 Å². The van der Waals surface area contributed by atoms with Crippen LogP contribution in [0.2, 0.25) is 0 Å². The summed E-state index contributed by atoms with van der Waals surface area (Å²) in [5.74, 6) is -0.261. The van der Waals surface area contributed by atoms with Gasteiger partial charge < -0.3 is 10.1 Å². The second kappa shape index (κ2) is 6.12. The molecule has 0 spiro atoms. The Morgan fingerprint density at radius 3 is 2.89 bits per heavy atom. The van der Waals surface area contributed by atoms with Crippen LogP contribution in [0.4, 0.5) is 11.4 Å². The fourth-order valence-corrected chi connectivity index (χ4v) is 2.45. The van der Waals surface area contributed by atoms with Crippen molar-refractivity contribution in [3.8, 4) is 0 Å². The van der Waals surface area contributed by atoms with E-state index in [0.29, 0.717) is 23.4 Å². The molecule has 6 nitrogen and oxygen atoms in total. The molecular weight excluding hydrogens is 316 g/mol. The van der Waals surface area contributed by atoms with Gasteiger partial charge in [0.1, 0.15) is 0 Å². The highest BCUT2D eigenvalue weighted by Gasteiger charge is 2.22. The second-order valence-electron chi connectivity index (χ2n) is 4.33. The van der Waals surface area contributed by atoms with Gasteiger partial charge in [0.05, 0.1) is 21.9 Å². The molecule has 1 heterocycles. The van der Waals surface area contributed by atoms with E-state index in [4.69, 9.17) is 4.74 Å². The summed E-state index contributed by atoms with van der Waals surface area (Å²) in [6, 6.07) is 4.40. The van der Waals surface area contributed by atoms with Gasteiger partial charge in [0.15, 0.2) is 0 Å². The van der Waals surface area contributed by atoms with E-state index < -0.39 is 4.92 Å². The summed E-state index contributed by atoms with van der Waals surface area (Å²) in [7, 11) is 0. The van der Waals surface area contributed by atoms with Crippen LogP contribution in [0.3, 0.4) is 0 Å². The van der Waals surface area contributed by atoms with Crippen molar-refractivity contribution in [1.82, 2.24) is 0 Å². The molecule has 1 atom stereocenters. The predicted octanol–water partition coefficient (Wildman–Crippen LogP) is 2.72. The van der Waals surface area contributed by atoms with Crippen molar-refractivity contribution in [3.05, 3.63) is 32.8 Å². The number of halogens is 1. The zero-order chi connectivity index (χ0) is 13.8. The first-order valence-electron chi connectivity index (χ1n) is 5.90. The summed E-state index contributed by atoms with van der Waals surface area (Å²) in [5.41, 5.74) is 0.507. The second-order valence-corrected chi connectivity index (χ2v) is 5.18. The fraction of sp³-hybridized carbons (Fsp3) is 0.417. The number of nitro groups is 1. The van der Waals surface area contributed by atoms with Crippen LogP contribution in [0.15, 0.2) is 22.7 Å². The van der Waals surface area contributed by atoms with Gasteiger partial charge in [-0.05, 0) is 40.9 Å². The smallest absolute Gasteiger partial charge is 0.283 e. The lowest BCUT2D eigenvalue weighted by molar-refractivity contribution is -0.385. The maximum absolute atomic E-state index is 12.0. The number of rotatable bonds is 3. The van der Waals surface area contributed by atoms with Gasteiger partial charge in [0.2, 0.25) is 5.91 Å². The SMILES string of the molecule is O=C(Nc1ccc([N+](=O)[O-])c(Br)c1)C1CCCOC1.